The number of ether oxygens (including phenoxy) is 1. The van der Waals surface area contributed by atoms with Crippen LogP contribution in [0.15, 0.2) is 30.3 Å². The molecule has 0 radical (unpaired) electrons. The third-order valence-electron chi connectivity index (χ3n) is 7.20. The van der Waals surface area contributed by atoms with Crippen molar-refractivity contribution in [2.45, 2.75) is 44.1 Å². The number of rotatable bonds is 4. The van der Waals surface area contributed by atoms with Gasteiger partial charge in [-0.1, -0.05) is 43.3 Å². The Balaban J connectivity index is 1.49. The maximum absolute atomic E-state index is 11.8. The predicted molar refractivity (Wildman–Crippen MR) is 102 cm³/mol. The maximum atomic E-state index is 11.8. The molecule has 1 N–H and O–H groups in total. The van der Waals surface area contributed by atoms with Crippen molar-refractivity contribution in [2.75, 3.05) is 26.8 Å². The van der Waals surface area contributed by atoms with Crippen molar-refractivity contribution in [3.05, 3.63) is 41.5 Å². The van der Waals surface area contributed by atoms with Gasteiger partial charge < -0.3 is 9.84 Å². The lowest BCUT2D eigenvalue weighted by atomic mass is 9.68. The number of nitrogens with zero attached hydrogens (tertiary/aromatic N) is 1. The SMILES string of the molecule is COCC1(C(=O)O)CCC(N2CC[C@@]3(C=Cc4ccccc43)[C@@H](C)C2)C1. The molecule has 3 aliphatic rings. The number of hydrogen-bond donors (Lipinski definition) is 1. The van der Waals surface area contributed by atoms with Crippen LogP contribution in [0.25, 0.3) is 6.08 Å². The van der Waals surface area contributed by atoms with Gasteiger partial charge in [-0.3, -0.25) is 9.69 Å². The first kappa shape index (κ1) is 17.7. The molecule has 1 aromatic carbocycles. The highest BCUT2D eigenvalue weighted by Crippen LogP contribution is 2.49. The van der Waals surface area contributed by atoms with E-state index in [0.29, 0.717) is 25.0 Å². The Morgan fingerprint density at radius 3 is 2.88 bits per heavy atom. The van der Waals surface area contributed by atoms with Gasteiger partial charge in [0.05, 0.1) is 12.0 Å². The van der Waals surface area contributed by atoms with E-state index in [9.17, 15) is 9.90 Å². The zero-order valence-electron chi connectivity index (χ0n) is 15.8. The minimum atomic E-state index is -0.698. The molecule has 0 amide bonds. The van der Waals surface area contributed by atoms with Crippen molar-refractivity contribution in [1.82, 2.24) is 4.90 Å². The second-order valence-corrected chi connectivity index (χ2v) is 8.52. The Morgan fingerprint density at radius 2 is 2.15 bits per heavy atom. The first-order valence-electron chi connectivity index (χ1n) is 9.76. The van der Waals surface area contributed by atoms with Gasteiger partial charge in [-0.2, -0.15) is 0 Å². The van der Waals surface area contributed by atoms with Crippen LogP contribution < -0.4 is 0 Å². The smallest absolute Gasteiger partial charge is 0.312 e. The van der Waals surface area contributed by atoms with Gasteiger partial charge in [0.2, 0.25) is 0 Å². The fourth-order valence-corrected chi connectivity index (χ4v) is 5.63. The van der Waals surface area contributed by atoms with Crippen molar-refractivity contribution in [3.8, 4) is 0 Å². The molecule has 4 atom stereocenters. The number of piperidine rings is 1. The molecular weight excluding hydrogens is 326 g/mol. The van der Waals surface area contributed by atoms with E-state index < -0.39 is 11.4 Å². The van der Waals surface area contributed by atoms with Crippen LogP contribution in [0.2, 0.25) is 0 Å². The number of aliphatic carboxylic acids is 1. The number of carboxylic acids is 1. The molecule has 0 aromatic heterocycles. The number of carboxylic acid groups (broad SMARTS) is 1. The summed E-state index contributed by atoms with van der Waals surface area (Å²) in [6, 6.07) is 9.12. The van der Waals surface area contributed by atoms with Crippen LogP contribution in [-0.2, 0) is 14.9 Å². The highest BCUT2D eigenvalue weighted by molar-refractivity contribution is 5.75. The highest BCUT2D eigenvalue weighted by atomic mass is 16.5. The Kier molecular flexibility index (Phi) is 4.44. The topological polar surface area (TPSA) is 49.8 Å². The maximum Gasteiger partial charge on any atom is 0.312 e. The Hall–Kier alpha value is -1.65. The second kappa shape index (κ2) is 6.50. The van der Waals surface area contributed by atoms with Crippen molar-refractivity contribution in [2.24, 2.45) is 11.3 Å². The number of methoxy groups -OCH3 is 1. The normalized spacial score (nSPS) is 36.5. The molecule has 2 aliphatic carbocycles. The lowest BCUT2D eigenvalue weighted by Crippen LogP contribution is -2.50. The molecular formula is C22H29NO3. The zero-order valence-corrected chi connectivity index (χ0v) is 15.8. The molecule has 0 bridgehead atoms. The molecule has 2 fully saturated rings. The third-order valence-corrected chi connectivity index (χ3v) is 7.20. The Morgan fingerprint density at radius 1 is 1.35 bits per heavy atom. The first-order valence-corrected chi connectivity index (χ1v) is 9.76. The average molecular weight is 355 g/mol. The summed E-state index contributed by atoms with van der Waals surface area (Å²) < 4.78 is 5.25. The van der Waals surface area contributed by atoms with Crippen molar-refractivity contribution in [3.63, 3.8) is 0 Å². The van der Waals surface area contributed by atoms with E-state index in [0.717, 1.165) is 32.4 Å². The largest absolute Gasteiger partial charge is 0.481 e. The van der Waals surface area contributed by atoms with Gasteiger partial charge in [0.1, 0.15) is 0 Å². The summed E-state index contributed by atoms with van der Waals surface area (Å²) >= 11 is 0. The van der Waals surface area contributed by atoms with E-state index in [4.69, 9.17) is 4.74 Å². The van der Waals surface area contributed by atoms with Gasteiger partial charge in [-0.05, 0) is 49.3 Å². The molecule has 26 heavy (non-hydrogen) atoms. The van der Waals surface area contributed by atoms with Crippen LogP contribution in [0.5, 0.6) is 0 Å². The van der Waals surface area contributed by atoms with Crippen molar-refractivity contribution >= 4 is 12.0 Å². The number of fused-ring (bicyclic) bond motifs is 2. The molecule has 4 rings (SSSR count). The summed E-state index contributed by atoms with van der Waals surface area (Å²) in [5.41, 5.74) is 2.29. The number of allylic oxidation sites excluding steroid dienone is 1. The fraction of sp³-hybridized carbons (Fsp3) is 0.591. The number of carbonyl (C=O) groups is 1. The molecule has 4 heteroatoms. The van der Waals surface area contributed by atoms with Crippen LogP contribution in [-0.4, -0.2) is 48.8 Å². The summed E-state index contributed by atoms with van der Waals surface area (Å²) in [4.78, 5) is 14.4. The van der Waals surface area contributed by atoms with Gasteiger partial charge in [0, 0.05) is 25.1 Å². The predicted octanol–water partition coefficient (Wildman–Crippen LogP) is 3.56. The fourth-order valence-electron chi connectivity index (χ4n) is 5.63. The lowest BCUT2D eigenvalue weighted by Gasteiger charge is -2.46. The Labute approximate surface area is 155 Å². The molecule has 4 nitrogen and oxygen atoms in total. The summed E-state index contributed by atoms with van der Waals surface area (Å²) in [5.74, 6) is -0.172. The van der Waals surface area contributed by atoms with E-state index in [2.05, 4.69) is 48.2 Å². The standard InChI is InChI=1S/C22H29NO3/c1-16-14-23(18-8-9-21(13-18,15-26-2)20(24)25)12-11-22(16)10-7-17-5-3-4-6-19(17)22/h3-7,10,16,18H,8-9,11-15H2,1-2H3,(H,24,25)/t16-,18?,21?,22-/m0/s1. The minimum absolute atomic E-state index is 0.155. The second-order valence-electron chi connectivity index (χ2n) is 8.52. The van der Waals surface area contributed by atoms with Gasteiger partial charge in [-0.25, -0.2) is 0 Å². The van der Waals surface area contributed by atoms with Crippen LogP contribution in [0.3, 0.4) is 0 Å². The van der Waals surface area contributed by atoms with E-state index in [1.165, 1.54) is 11.1 Å². The molecule has 1 heterocycles. The van der Waals surface area contributed by atoms with E-state index in [-0.39, 0.29) is 5.41 Å². The first-order chi connectivity index (χ1) is 12.5. The molecule has 1 saturated heterocycles. The summed E-state index contributed by atoms with van der Waals surface area (Å²) in [6.45, 7) is 4.75. The molecule has 2 unspecified atom stereocenters. The monoisotopic (exact) mass is 355 g/mol. The van der Waals surface area contributed by atoms with Gasteiger partial charge in [0.25, 0.3) is 0 Å². The van der Waals surface area contributed by atoms with E-state index in [1.807, 2.05) is 0 Å². The van der Waals surface area contributed by atoms with Crippen LogP contribution >= 0.6 is 0 Å². The summed E-state index contributed by atoms with van der Waals surface area (Å²) in [7, 11) is 1.61. The molecule has 1 aromatic rings. The minimum Gasteiger partial charge on any atom is -0.481 e. The quantitative estimate of drug-likeness (QED) is 0.897. The average Bonchev–Trinajstić information content (AvgIpc) is 3.22. The van der Waals surface area contributed by atoms with Gasteiger partial charge in [0.15, 0.2) is 0 Å². The van der Waals surface area contributed by atoms with Crippen LogP contribution in [0.1, 0.15) is 43.7 Å². The summed E-state index contributed by atoms with van der Waals surface area (Å²) in [5, 5.41) is 9.73. The zero-order chi connectivity index (χ0) is 18.4. The van der Waals surface area contributed by atoms with Crippen molar-refractivity contribution < 1.29 is 14.6 Å². The van der Waals surface area contributed by atoms with Crippen LogP contribution in [0.4, 0.5) is 0 Å². The van der Waals surface area contributed by atoms with Crippen molar-refractivity contribution in [1.29, 1.82) is 0 Å². The molecule has 140 valence electrons. The van der Waals surface area contributed by atoms with Gasteiger partial charge >= 0.3 is 5.97 Å². The van der Waals surface area contributed by atoms with Crippen LogP contribution in [0, 0.1) is 11.3 Å². The third kappa shape index (κ3) is 2.62. The molecule has 1 aliphatic heterocycles. The number of likely N-dealkylation sites (tertiary alicyclic amines) is 1. The molecule has 1 saturated carbocycles. The van der Waals surface area contributed by atoms with E-state index in [1.54, 1.807) is 7.11 Å². The molecule has 1 spiro atoms. The Bertz CT molecular complexity index is 730. The number of hydrogen-bond acceptors (Lipinski definition) is 3. The summed E-state index contributed by atoms with van der Waals surface area (Å²) in [6.07, 6.45) is 8.21. The highest BCUT2D eigenvalue weighted by Gasteiger charge is 2.50. The van der Waals surface area contributed by atoms with Gasteiger partial charge in [-0.15, -0.1) is 0 Å². The number of benzene rings is 1. The van der Waals surface area contributed by atoms with E-state index >= 15 is 0 Å². The lowest BCUT2D eigenvalue weighted by molar-refractivity contribution is -0.152.